The van der Waals surface area contributed by atoms with E-state index in [1.54, 1.807) is 0 Å². The Morgan fingerprint density at radius 3 is 2.72 bits per heavy atom. The normalized spacial score (nSPS) is 27.2. The molecule has 3 heterocycles. The predicted molar refractivity (Wildman–Crippen MR) is 81.4 cm³/mol. The number of anilines is 1. The van der Waals surface area contributed by atoms with Crippen molar-refractivity contribution in [3.8, 4) is 0 Å². The number of nitrogens with two attached hydrogens (primary N) is 1. The van der Waals surface area contributed by atoms with Crippen molar-refractivity contribution in [2.45, 2.75) is 24.5 Å². The molecule has 0 radical (unpaired) electrons. The van der Waals surface area contributed by atoms with E-state index in [-0.39, 0.29) is 11.2 Å². The van der Waals surface area contributed by atoms with Crippen LogP contribution in [-0.2, 0) is 14.0 Å². The Balaban J connectivity index is 2.28. The first-order valence-electron chi connectivity index (χ1n) is 6.99. The van der Waals surface area contributed by atoms with Crippen LogP contribution in [0.3, 0.4) is 0 Å². The minimum absolute atomic E-state index is 0.344. The monoisotopic (exact) mass is 377 g/mol. The Hall–Kier alpha value is -1.86. The molecule has 2 aromatic heterocycles. The fourth-order valence-corrected chi connectivity index (χ4v) is 3.58. The van der Waals surface area contributed by atoms with E-state index in [0.717, 1.165) is 10.9 Å². The van der Waals surface area contributed by atoms with Crippen molar-refractivity contribution in [3.63, 3.8) is 0 Å². The van der Waals surface area contributed by atoms with Gasteiger partial charge in [0.2, 0.25) is 5.95 Å². The summed E-state index contributed by atoms with van der Waals surface area (Å²) in [5.41, 5.74) is 3.93. The van der Waals surface area contributed by atoms with Crippen LogP contribution in [0.5, 0.6) is 0 Å². The van der Waals surface area contributed by atoms with E-state index in [1.165, 1.54) is 7.11 Å². The van der Waals surface area contributed by atoms with Crippen molar-refractivity contribution in [2.75, 3.05) is 19.5 Å². The third kappa shape index (κ3) is 2.75. The van der Waals surface area contributed by atoms with Gasteiger partial charge >= 0.3 is 13.3 Å². The van der Waals surface area contributed by atoms with Crippen molar-refractivity contribution >= 4 is 24.9 Å². The molecule has 0 aliphatic carbocycles. The largest absolute Gasteiger partial charge is 0.438 e. The molecule has 138 valence electrons. The quantitative estimate of drug-likeness (QED) is 0.350. The zero-order chi connectivity index (χ0) is 18.5. The molecule has 1 aliphatic heterocycles. The van der Waals surface area contributed by atoms with Crippen molar-refractivity contribution in [2.24, 2.45) is 0 Å². The SMILES string of the molecule is CO[C@@H]1[C@@H](O)[C@@H](CO)O[C@H]1n1cnc2c(=O)nc(N)n(P(=O)(O)O)c21. The topological polar surface area (TPSA) is 195 Å². The first-order valence-corrected chi connectivity index (χ1v) is 8.55. The van der Waals surface area contributed by atoms with Crippen LogP contribution in [0.1, 0.15) is 6.23 Å². The fourth-order valence-electron chi connectivity index (χ4n) is 2.82. The van der Waals surface area contributed by atoms with Crippen LogP contribution >= 0.6 is 7.75 Å². The lowest BCUT2D eigenvalue weighted by Gasteiger charge is -2.22. The molecule has 1 aliphatic rings. The van der Waals surface area contributed by atoms with Gasteiger partial charge in [-0.25, -0.2) is 9.55 Å². The summed E-state index contributed by atoms with van der Waals surface area (Å²) in [4.78, 5) is 38.2. The molecule has 1 saturated heterocycles. The van der Waals surface area contributed by atoms with E-state index in [4.69, 9.17) is 15.2 Å². The number of fused-ring (bicyclic) bond motifs is 1. The molecular formula is C11H16N5O8P. The van der Waals surface area contributed by atoms with E-state index in [0.29, 0.717) is 4.34 Å². The van der Waals surface area contributed by atoms with Crippen molar-refractivity contribution in [1.29, 1.82) is 0 Å². The second kappa shape index (κ2) is 6.14. The highest BCUT2D eigenvalue weighted by molar-refractivity contribution is 7.50. The van der Waals surface area contributed by atoms with E-state index in [2.05, 4.69) is 9.97 Å². The number of ether oxygens (including phenoxy) is 2. The van der Waals surface area contributed by atoms with Crippen LogP contribution < -0.4 is 11.3 Å². The molecular weight excluding hydrogens is 361 g/mol. The lowest BCUT2D eigenvalue weighted by molar-refractivity contribution is -0.0584. The minimum Gasteiger partial charge on any atom is -0.394 e. The molecule has 0 aromatic carbocycles. The summed E-state index contributed by atoms with van der Waals surface area (Å²) in [5, 5.41) is 19.4. The van der Waals surface area contributed by atoms with Gasteiger partial charge in [0.05, 0.1) is 12.9 Å². The van der Waals surface area contributed by atoms with Gasteiger partial charge in [0, 0.05) is 7.11 Å². The number of methoxy groups -OCH3 is 1. The zero-order valence-electron chi connectivity index (χ0n) is 12.8. The molecule has 0 saturated carbocycles. The highest BCUT2D eigenvalue weighted by atomic mass is 31.2. The van der Waals surface area contributed by atoms with E-state index >= 15 is 0 Å². The summed E-state index contributed by atoms with van der Waals surface area (Å²) in [5.74, 6) is -0.709. The summed E-state index contributed by atoms with van der Waals surface area (Å²) in [6, 6.07) is 0. The number of imidazole rings is 1. The number of hydrogen-bond donors (Lipinski definition) is 5. The van der Waals surface area contributed by atoms with E-state index in [9.17, 15) is 29.4 Å². The van der Waals surface area contributed by atoms with Crippen LogP contribution in [0.15, 0.2) is 11.1 Å². The van der Waals surface area contributed by atoms with Crippen LogP contribution in [-0.4, -0.2) is 70.9 Å². The highest BCUT2D eigenvalue weighted by Crippen LogP contribution is 2.42. The number of nitrogens with zero attached hydrogens (tertiary/aromatic N) is 4. The van der Waals surface area contributed by atoms with Gasteiger partial charge in [0.1, 0.15) is 18.3 Å². The minimum atomic E-state index is -5.00. The maximum Gasteiger partial charge on any atom is 0.438 e. The first-order chi connectivity index (χ1) is 11.7. The zero-order valence-corrected chi connectivity index (χ0v) is 13.7. The average Bonchev–Trinajstić information content (AvgIpc) is 3.06. The van der Waals surface area contributed by atoms with Crippen molar-refractivity contribution in [1.82, 2.24) is 18.9 Å². The second-order valence-corrected chi connectivity index (χ2v) is 6.79. The molecule has 0 spiro atoms. The summed E-state index contributed by atoms with van der Waals surface area (Å²) >= 11 is 0. The summed E-state index contributed by atoms with van der Waals surface area (Å²) in [6.07, 6.45) is -3.25. The Bertz CT molecular complexity index is 906. The molecule has 13 nitrogen and oxygen atoms in total. The first kappa shape index (κ1) is 17.9. The molecule has 1 fully saturated rings. The second-order valence-electron chi connectivity index (χ2n) is 5.36. The van der Waals surface area contributed by atoms with Gasteiger partial charge in [-0.15, -0.1) is 0 Å². The molecule has 4 atom stereocenters. The Labute approximate surface area is 139 Å². The molecule has 14 heteroatoms. The van der Waals surface area contributed by atoms with Crippen LogP contribution in [0.4, 0.5) is 5.95 Å². The van der Waals surface area contributed by atoms with Crippen LogP contribution in [0.25, 0.3) is 11.2 Å². The number of aliphatic hydroxyl groups is 2. The van der Waals surface area contributed by atoms with Gasteiger partial charge in [-0.2, -0.15) is 9.32 Å². The molecule has 0 amide bonds. The molecule has 2 aromatic rings. The third-order valence-electron chi connectivity index (χ3n) is 3.90. The fraction of sp³-hybridized carbons (Fsp3) is 0.545. The predicted octanol–water partition coefficient (Wildman–Crippen LogP) is -2.62. The van der Waals surface area contributed by atoms with Gasteiger partial charge in [-0.05, 0) is 0 Å². The van der Waals surface area contributed by atoms with Gasteiger partial charge in [0.15, 0.2) is 17.4 Å². The summed E-state index contributed by atoms with van der Waals surface area (Å²) in [6.45, 7) is -0.515. The number of hydrogen-bond acceptors (Lipinski definition) is 9. The number of aromatic nitrogens is 4. The molecule has 25 heavy (non-hydrogen) atoms. The Morgan fingerprint density at radius 1 is 1.48 bits per heavy atom. The Morgan fingerprint density at radius 2 is 2.16 bits per heavy atom. The van der Waals surface area contributed by atoms with Crippen LogP contribution in [0.2, 0.25) is 0 Å². The lowest BCUT2D eigenvalue weighted by Crippen LogP contribution is -2.34. The van der Waals surface area contributed by atoms with Gasteiger partial charge in [-0.3, -0.25) is 9.36 Å². The number of nitrogen functional groups attached to an aromatic ring is 1. The molecule has 3 rings (SSSR count). The number of aliphatic hydroxyl groups excluding tert-OH is 2. The van der Waals surface area contributed by atoms with Crippen molar-refractivity contribution in [3.05, 3.63) is 16.7 Å². The summed E-state index contributed by atoms with van der Waals surface area (Å²) in [7, 11) is -3.71. The van der Waals surface area contributed by atoms with Gasteiger partial charge in [-0.1, -0.05) is 0 Å². The van der Waals surface area contributed by atoms with Gasteiger partial charge in [0.25, 0.3) is 0 Å². The lowest BCUT2D eigenvalue weighted by atomic mass is 10.1. The van der Waals surface area contributed by atoms with Gasteiger partial charge < -0.3 is 35.2 Å². The van der Waals surface area contributed by atoms with E-state index < -0.39 is 50.4 Å². The summed E-state index contributed by atoms with van der Waals surface area (Å²) < 4.78 is 23.9. The molecule has 0 bridgehead atoms. The smallest absolute Gasteiger partial charge is 0.394 e. The van der Waals surface area contributed by atoms with E-state index in [1.807, 2.05) is 0 Å². The highest BCUT2D eigenvalue weighted by Gasteiger charge is 2.46. The Kier molecular flexibility index (Phi) is 4.41. The standard InChI is InChI=1S/C11H16N5O8P/c1-23-7-6(18)4(2-17)24-10(7)15-3-13-5-8(19)14-11(12)16(9(5)15)25(20,21)22/h3-4,6-7,10,17-18H,2H2,1H3,(H2,12,14,19)(H2,20,21,22)/t4-,6+,7-,10-/m1/s1. The molecule has 6 N–H and O–H groups in total. The van der Waals surface area contributed by atoms with Crippen molar-refractivity contribution < 1.29 is 34.0 Å². The maximum atomic E-state index is 11.9. The van der Waals surface area contributed by atoms with Crippen LogP contribution in [0, 0.1) is 0 Å². The third-order valence-corrected chi connectivity index (χ3v) is 4.82. The number of rotatable bonds is 4. The molecule has 0 unspecified atom stereocenters. The maximum absolute atomic E-state index is 11.9. The average molecular weight is 377 g/mol.